The quantitative estimate of drug-likeness (QED) is 0.573. The number of carbonyl (C=O) groups is 2. The largest absolute Gasteiger partial charge is 0.462 e. The molecule has 0 unspecified atom stereocenters. The maximum Gasteiger partial charge on any atom is 0.340 e. The molecule has 9 nitrogen and oxygen atoms in total. The second kappa shape index (κ2) is 9.95. The van der Waals surface area contributed by atoms with Crippen molar-refractivity contribution in [3.8, 4) is 6.07 Å². The highest BCUT2D eigenvalue weighted by Crippen LogP contribution is 2.28. The third-order valence-electron chi connectivity index (χ3n) is 5.19. The van der Waals surface area contributed by atoms with Crippen LogP contribution in [0.5, 0.6) is 0 Å². The molecule has 1 amide bonds. The normalized spacial score (nSPS) is 13.7. The van der Waals surface area contributed by atoms with Crippen molar-refractivity contribution < 1.29 is 27.1 Å². The van der Waals surface area contributed by atoms with Crippen molar-refractivity contribution >= 4 is 27.7 Å². The van der Waals surface area contributed by atoms with Crippen LogP contribution in [-0.2, 0) is 26.0 Å². The van der Waals surface area contributed by atoms with Crippen LogP contribution in [0.2, 0.25) is 0 Å². The number of nitrogens with one attached hydrogen (secondary N) is 1. The number of esters is 1. The lowest BCUT2D eigenvalue weighted by atomic mass is 9.98. The number of aryl methyl sites for hydroxylation is 2. The zero-order chi connectivity index (χ0) is 24.2. The van der Waals surface area contributed by atoms with Crippen LogP contribution < -0.4 is 9.62 Å². The first kappa shape index (κ1) is 24.1. The fraction of sp³-hybridized carbons (Fsp3) is 0.364. The van der Waals surface area contributed by atoms with E-state index in [1.807, 2.05) is 6.07 Å². The summed E-state index contributed by atoms with van der Waals surface area (Å²) in [5.74, 6) is -2.20. The number of sulfonamides is 1. The highest BCUT2D eigenvalue weighted by atomic mass is 32.2. The van der Waals surface area contributed by atoms with Crippen molar-refractivity contribution in [2.75, 3.05) is 30.3 Å². The first-order chi connectivity index (χ1) is 15.6. The summed E-state index contributed by atoms with van der Waals surface area (Å²) in [5.41, 5.74) is 1.38. The molecular weight excluding hydrogens is 451 g/mol. The summed E-state index contributed by atoms with van der Waals surface area (Å²) in [4.78, 5) is 30.4. The van der Waals surface area contributed by atoms with Gasteiger partial charge in [-0.3, -0.25) is 9.52 Å². The minimum absolute atomic E-state index is 0.140. The zero-order valence-corrected chi connectivity index (χ0v) is 19.0. The van der Waals surface area contributed by atoms with E-state index in [4.69, 9.17) is 4.74 Å². The van der Waals surface area contributed by atoms with Gasteiger partial charge in [0.05, 0.1) is 35.1 Å². The molecule has 1 fully saturated rings. The number of pyridine rings is 1. The lowest BCUT2D eigenvalue weighted by Crippen LogP contribution is -2.55. The number of nitrogens with zero attached hydrogens (tertiary/aromatic N) is 3. The van der Waals surface area contributed by atoms with Crippen LogP contribution in [0.25, 0.3) is 0 Å². The van der Waals surface area contributed by atoms with Gasteiger partial charge in [0, 0.05) is 13.1 Å². The van der Waals surface area contributed by atoms with Gasteiger partial charge in [-0.1, -0.05) is 12.1 Å². The summed E-state index contributed by atoms with van der Waals surface area (Å²) >= 11 is 0. The molecule has 0 radical (unpaired) electrons. The van der Waals surface area contributed by atoms with E-state index in [-0.39, 0.29) is 43.0 Å². The molecule has 0 bridgehead atoms. The summed E-state index contributed by atoms with van der Waals surface area (Å²) in [6.45, 7) is 3.85. The molecule has 0 saturated carbocycles. The topological polar surface area (TPSA) is 129 Å². The molecule has 2 aromatic rings. The highest BCUT2D eigenvalue weighted by molar-refractivity contribution is 7.90. The Bertz CT molecular complexity index is 1200. The molecule has 1 aromatic heterocycles. The molecule has 2 heterocycles. The van der Waals surface area contributed by atoms with Crippen LogP contribution in [0.3, 0.4) is 0 Å². The predicted octanol–water partition coefficient (Wildman–Crippen LogP) is 1.70. The Morgan fingerprint density at radius 3 is 2.58 bits per heavy atom. The lowest BCUT2D eigenvalue weighted by Gasteiger charge is -2.39. The van der Waals surface area contributed by atoms with Gasteiger partial charge in [0.2, 0.25) is 15.9 Å². The molecule has 174 valence electrons. The van der Waals surface area contributed by atoms with Gasteiger partial charge in [-0.25, -0.2) is 22.6 Å². The molecule has 1 aliphatic rings. The number of hydrogen-bond donors (Lipinski definition) is 1. The van der Waals surface area contributed by atoms with E-state index in [9.17, 15) is 27.7 Å². The van der Waals surface area contributed by atoms with Crippen LogP contribution >= 0.6 is 0 Å². The monoisotopic (exact) mass is 474 g/mol. The number of carbonyl (C=O) groups excluding carboxylic acids is 2. The maximum atomic E-state index is 13.0. The van der Waals surface area contributed by atoms with Gasteiger partial charge in [0.1, 0.15) is 17.7 Å². The summed E-state index contributed by atoms with van der Waals surface area (Å²) in [6.07, 6.45) is 0.140. The number of halogens is 1. The van der Waals surface area contributed by atoms with Crippen molar-refractivity contribution in [3.63, 3.8) is 0 Å². The molecule has 11 heteroatoms. The van der Waals surface area contributed by atoms with Gasteiger partial charge >= 0.3 is 5.97 Å². The minimum atomic E-state index is -3.86. The summed E-state index contributed by atoms with van der Waals surface area (Å²) < 4.78 is 44.5. The van der Waals surface area contributed by atoms with E-state index in [0.717, 1.165) is 0 Å². The van der Waals surface area contributed by atoms with E-state index in [0.29, 0.717) is 17.1 Å². The molecule has 1 saturated heterocycles. The van der Waals surface area contributed by atoms with E-state index in [1.165, 1.54) is 30.3 Å². The Morgan fingerprint density at radius 2 is 1.97 bits per heavy atom. The molecular formula is C22H23FN4O5S. The molecule has 0 aliphatic carbocycles. The fourth-order valence-electron chi connectivity index (χ4n) is 3.34. The number of amides is 1. The smallest absolute Gasteiger partial charge is 0.340 e. The SMILES string of the molecule is CCOC(=O)c1cc(C#N)c(N2CC(C(=O)NS(=O)(=O)CCc3ccc(F)cc3)C2)nc1C. The van der Waals surface area contributed by atoms with E-state index >= 15 is 0 Å². The number of nitriles is 1. The van der Waals surface area contributed by atoms with Gasteiger partial charge < -0.3 is 9.64 Å². The Kier molecular flexibility index (Phi) is 7.28. The summed E-state index contributed by atoms with van der Waals surface area (Å²) in [7, 11) is -3.86. The third kappa shape index (κ3) is 5.84. The van der Waals surface area contributed by atoms with Gasteiger partial charge in [0.25, 0.3) is 0 Å². The Hall–Kier alpha value is -3.52. The van der Waals surface area contributed by atoms with Crippen molar-refractivity contribution in [2.45, 2.75) is 20.3 Å². The standard InChI is InChI=1S/C22H23FN4O5S/c1-3-32-22(29)19-10-16(11-24)20(25-14(19)2)27-12-17(13-27)21(28)26-33(30,31)9-8-15-4-6-18(23)7-5-15/h4-7,10,17H,3,8-9,12-13H2,1-2H3,(H,26,28). The molecule has 0 spiro atoms. The van der Waals surface area contributed by atoms with Crippen LogP contribution in [0.15, 0.2) is 30.3 Å². The zero-order valence-electron chi connectivity index (χ0n) is 18.2. The Balaban J connectivity index is 1.59. The fourth-order valence-corrected chi connectivity index (χ4v) is 4.42. The number of anilines is 1. The second-order valence-electron chi connectivity index (χ2n) is 7.59. The number of ether oxygens (including phenoxy) is 1. The highest BCUT2D eigenvalue weighted by Gasteiger charge is 2.36. The van der Waals surface area contributed by atoms with E-state index in [2.05, 4.69) is 9.71 Å². The van der Waals surface area contributed by atoms with Crippen molar-refractivity contribution in [2.24, 2.45) is 5.92 Å². The van der Waals surface area contributed by atoms with Gasteiger partial charge in [-0.15, -0.1) is 0 Å². The molecule has 33 heavy (non-hydrogen) atoms. The van der Waals surface area contributed by atoms with Crippen LogP contribution in [-0.4, -0.2) is 50.7 Å². The third-order valence-corrected chi connectivity index (χ3v) is 6.44. The minimum Gasteiger partial charge on any atom is -0.462 e. The first-order valence-electron chi connectivity index (χ1n) is 10.3. The van der Waals surface area contributed by atoms with Gasteiger partial charge in [-0.2, -0.15) is 5.26 Å². The predicted molar refractivity (Wildman–Crippen MR) is 117 cm³/mol. The Morgan fingerprint density at radius 1 is 1.30 bits per heavy atom. The molecule has 1 aliphatic heterocycles. The van der Waals surface area contributed by atoms with Crippen LogP contribution in [0.1, 0.15) is 34.1 Å². The van der Waals surface area contributed by atoms with Crippen molar-refractivity contribution in [3.05, 3.63) is 58.5 Å². The van der Waals surface area contributed by atoms with Crippen LogP contribution in [0.4, 0.5) is 10.2 Å². The molecule has 3 rings (SSSR count). The van der Waals surface area contributed by atoms with Gasteiger partial charge in [0.15, 0.2) is 0 Å². The first-order valence-corrected chi connectivity index (χ1v) is 11.9. The average Bonchev–Trinajstić information content (AvgIpc) is 2.72. The lowest BCUT2D eigenvalue weighted by molar-refractivity contribution is -0.123. The van der Waals surface area contributed by atoms with Gasteiger partial charge in [-0.05, 0) is 44.0 Å². The summed E-state index contributed by atoms with van der Waals surface area (Å²) in [6, 6.07) is 8.87. The number of aromatic nitrogens is 1. The molecule has 1 aromatic carbocycles. The molecule has 0 atom stereocenters. The van der Waals surface area contributed by atoms with E-state index < -0.39 is 33.6 Å². The summed E-state index contributed by atoms with van der Waals surface area (Å²) in [5, 5.41) is 9.46. The van der Waals surface area contributed by atoms with Crippen LogP contribution in [0, 0.1) is 30.0 Å². The second-order valence-corrected chi connectivity index (χ2v) is 9.43. The number of benzene rings is 1. The van der Waals surface area contributed by atoms with E-state index in [1.54, 1.807) is 18.7 Å². The number of rotatable bonds is 8. The molecule has 1 N–H and O–H groups in total. The van der Waals surface area contributed by atoms with Crippen molar-refractivity contribution in [1.82, 2.24) is 9.71 Å². The number of hydrogen-bond acceptors (Lipinski definition) is 8. The maximum absolute atomic E-state index is 13.0. The average molecular weight is 475 g/mol. The van der Waals surface area contributed by atoms with Crippen molar-refractivity contribution in [1.29, 1.82) is 5.26 Å². The Labute approximate surface area is 191 Å².